The number of benzene rings is 3. The lowest BCUT2D eigenvalue weighted by molar-refractivity contribution is 0.0952. The third-order valence-corrected chi connectivity index (χ3v) is 4.93. The van der Waals surface area contributed by atoms with E-state index in [-0.39, 0.29) is 5.91 Å². The molecule has 0 aliphatic rings. The van der Waals surface area contributed by atoms with E-state index in [1.807, 2.05) is 85.8 Å². The molecular formula is C24H19ClN2O. The average molecular weight is 387 g/mol. The first kappa shape index (κ1) is 18.2. The number of halogens is 1. The van der Waals surface area contributed by atoms with Crippen LogP contribution in [0.25, 0.3) is 22.2 Å². The number of aryl methyl sites for hydroxylation is 1. The molecule has 0 radical (unpaired) electrons. The van der Waals surface area contributed by atoms with Crippen LogP contribution < -0.4 is 5.32 Å². The van der Waals surface area contributed by atoms with E-state index in [1.165, 1.54) is 5.56 Å². The van der Waals surface area contributed by atoms with Crippen molar-refractivity contribution in [3.8, 4) is 11.3 Å². The smallest absolute Gasteiger partial charge is 0.252 e. The molecule has 3 aromatic carbocycles. The van der Waals surface area contributed by atoms with Gasteiger partial charge in [0, 0.05) is 22.5 Å². The van der Waals surface area contributed by atoms with Crippen LogP contribution in [0.15, 0.2) is 78.9 Å². The average Bonchev–Trinajstić information content (AvgIpc) is 2.73. The molecule has 138 valence electrons. The lowest BCUT2D eigenvalue weighted by Crippen LogP contribution is -2.23. The van der Waals surface area contributed by atoms with E-state index in [1.54, 1.807) is 0 Å². The van der Waals surface area contributed by atoms with Gasteiger partial charge in [0.1, 0.15) is 0 Å². The van der Waals surface area contributed by atoms with Crippen molar-refractivity contribution in [2.24, 2.45) is 0 Å². The van der Waals surface area contributed by atoms with Crippen molar-refractivity contribution in [2.45, 2.75) is 13.5 Å². The number of rotatable bonds is 4. The Bertz CT molecular complexity index is 1140. The highest BCUT2D eigenvalue weighted by molar-refractivity contribution is 6.30. The zero-order valence-electron chi connectivity index (χ0n) is 15.4. The minimum Gasteiger partial charge on any atom is -0.348 e. The Labute approximate surface area is 169 Å². The van der Waals surface area contributed by atoms with Gasteiger partial charge in [0.2, 0.25) is 0 Å². The summed E-state index contributed by atoms with van der Waals surface area (Å²) in [5.74, 6) is -0.116. The SMILES string of the molecule is Cc1ccc(CNC(=O)c2cc(-c3ccc(Cl)cc3)nc3ccccc23)cc1. The van der Waals surface area contributed by atoms with Crippen LogP contribution in [0.5, 0.6) is 0 Å². The maximum absolute atomic E-state index is 13.0. The Kier molecular flexibility index (Phi) is 5.09. The fraction of sp³-hybridized carbons (Fsp3) is 0.0833. The summed E-state index contributed by atoms with van der Waals surface area (Å²) in [7, 11) is 0. The summed E-state index contributed by atoms with van der Waals surface area (Å²) in [5.41, 5.74) is 5.33. The highest BCUT2D eigenvalue weighted by atomic mass is 35.5. The molecule has 0 bridgehead atoms. The van der Waals surface area contributed by atoms with E-state index in [0.29, 0.717) is 17.1 Å². The summed E-state index contributed by atoms with van der Waals surface area (Å²) in [6.45, 7) is 2.52. The van der Waals surface area contributed by atoms with Crippen LogP contribution in [-0.2, 0) is 6.54 Å². The normalized spacial score (nSPS) is 10.8. The van der Waals surface area contributed by atoms with Crippen LogP contribution >= 0.6 is 11.6 Å². The molecule has 0 saturated carbocycles. The maximum Gasteiger partial charge on any atom is 0.252 e. The second-order valence-electron chi connectivity index (χ2n) is 6.75. The van der Waals surface area contributed by atoms with Crippen molar-refractivity contribution in [1.82, 2.24) is 10.3 Å². The van der Waals surface area contributed by atoms with Crippen LogP contribution in [0, 0.1) is 6.92 Å². The Morgan fingerprint density at radius 3 is 2.43 bits per heavy atom. The summed E-state index contributed by atoms with van der Waals surface area (Å²) in [6, 6.07) is 25.1. The van der Waals surface area contributed by atoms with Crippen molar-refractivity contribution in [3.63, 3.8) is 0 Å². The predicted molar refractivity (Wildman–Crippen MR) is 115 cm³/mol. The molecule has 0 aliphatic heterocycles. The lowest BCUT2D eigenvalue weighted by atomic mass is 10.0. The first-order valence-corrected chi connectivity index (χ1v) is 9.47. The molecule has 1 heterocycles. The summed E-state index contributed by atoms with van der Waals surface area (Å²) in [6.07, 6.45) is 0. The number of hydrogen-bond acceptors (Lipinski definition) is 2. The fourth-order valence-electron chi connectivity index (χ4n) is 3.12. The number of pyridine rings is 1. The molecule has 1 N–H and O–H groups in total. The molecule has 0 aliphatic carbocycles. The topological polar surface area (TPSA) is 42.0 Å². The molecule has 0 saturated heterocycles. The van der Waals surface area contributed by atoms with E-state index in [9.17, 15) is 4.79 Å². The number of para-hydroxylation sites is 1. The number of amides is 1. The van der Waals surface area contributed by atoms with Crippen molar-refractivity contribution < 1.29 is 4.79 Å². The van der Waals surface area contributed by atoms with Crippen molar-refractivity contribution in [2.75, 3.05) is 0 Å². The second-order valence-corrected chi connectivity index (χ2v) is 7.18. The number of carbonyl (C=O) groups excluding carboxylic acids is 1. The van der Waals surface area contributed by atoms with Crippen molar-refractivity contribution >= 4 is 28.4 Å². The molecule has 1 amide bonds. The Balaban J connectivity index is 1.69. The van der Waals surface area contributed by atoms with Crippen LogP contribution in [0.1, 0.15) is 21.5 Å². The van der Waals surface area contributed by atoms with Gasteiger partial charge in [0.15, 0.2) is 0 Å². The zero-order chi connectivity index (χ0) is 19.5. The molecule has 0 fully saturated rings. The molecule has 1 aromatic heterocycles. The molecule has 4 rings (SSSR count). The molecule has 0 atom stereocenters. The quantitative estimate of drug-likeness (QED) is 0.482. The van der Waals surface area contributed by atoms with E-state index >= 15 is 0 Å². The third kappa shape index (κ3) is 3.90. The van der Waals surface area contributed by atoms with Gasteiger partial charge in [-0.15, -0.1) is 0 Å². The number of nitrogens with zero attached hydrogens (tertiary/aromatic N) is 1. The number of aromatic nitrogens is 1. The van der Waals surface area contributed by atoms with Crippen LogP contribution in [0.2, 0.25) is 5.02 Å². The van der Waals surface area contributed by atoms with Gasteiger partial charge < -0.3 is 5.32 Å². The number of hydrogen-bond donors (Lipinski definition) is 1. The second kappa shape index (κ2) is 7.83. The first-order chi connectivity index (χ1) is 13.6. The summed E-state index contributed by atoms with van der Waals surface area (Å²) < 4.78 is 0. The van der Waals surface area contributed by atoms with Gasteiger partial charge in [-0.25, -0.2) is 4.98 Å². The highest BCUT2D eigenvalue weighted by Crippen LogP contribution is 2.26. The van der Waals surface area contributed by atoms with Crippen molar-refractivity contribution in [1.29, 1.82) is 0 Å². The molecule has 4 heteroatoms. The van der Waals surface area contributed by atoms with Gasteiger partial charge in [0.05, 0.1) is 16.8 Å². The van der Waals surface area contributed by atoms with Crippen molar-refractivity contribution in [3.05, 3.63) is 101 Å². The van der Waals surface area contributed by atoms with Gasteiger partial charge in [-0.05, 0) is 36.8 Å². The van der Waals surface area contributed by atoms with Gasteiger partial charge in [-0.1, -0.05) is 71.8 Å². The van der Waals surface area contributed by atoms with E-state index in [0.717, 1.165) is 27.7 Å². The molecular weight excluding hydrogens is 368 g/mol. The first-order valence-electron chi connectivity index (χ1n) is 9.09. The van der Waals surface area contributed by atoms with E-state index in [2.05, 4.69) is 5.32 Å². The van der Waals surface area contributed by atoms with Gasteiger partial charge in [-0.3, -0.25) is 4.79 Å². The molecule has 3 nitrogen and oxygen atoms in total. The molecule has 0 unspecified atom stereocenters. The zero-order valence-corrected chi connectivity index (χ0v) is 16.2. The Morgan fingerprint density at radius 2 is 1.68 bits per heavy atom. The van der Waals surface area contributed by atoms with E-state index in [4.69, 9.17) is 16.6 Å². The summed E-state index contributed by atoms with van der Waals surface area (Å²) in [4.78, 5) is 17.7. The molecule has 0 spiro atoms. The third-order valence-electron chi connectivity index (χ3n) is 4.67. The monoisotopic (exact) mass is 386 g/mol. The van der Waals surface area contributed by atoms with Crippen LogP contribution in [0.3, 0.4) is 0 Å². The standard InChI is InChI=1S/C24H19ClN2O/c1-16-6-8-17(9-7-16)15-26-24(28)21-14-23(18-10-12-19(25)13-11-18)27-22-5-3-2-4-20(21)22/h2-14H,15H2,1H3,(H,26,28). The minimum atomic E-state index is -0.116. The highest BCUT2D eigenvalue weighted by Gasteiger charge is 2.14. The van der Waals surface area contributed by atoms with Crippen LogP contribution in [-0.4, -0.2) is 10.9 Å². The van der Waals surface area contributed by atoms with Gasteiger partial charge >= 0.3 is 0 Å². The summed E-state index contributed by atoms with van der Waals surface area (Å²) in [5, 5.41) is 4.53. The van der Waals surface area contributed by atoms with Gasteiger partial charge in [-0.2, -0.15) is 0 Å². The number of carbonyl (C=O) groups is 1. The minimum absolute atomic E-state index is 0.116. The van der Waals surface area contributed by atoms with Crippen LogP contribution in [0.4, 0.5) is 0 Å². The maximum atomic E-state index is 13.0. The molecule has 4 aromatic rings. The fourth-order valence-corrected chi connectivity index (χ4v) is 3.24. The molecule has 28 heavy (non-hydrogen) atoms. The predicted octanol–water partition coefficient (Wildman–Crippen LogP) is 5.79. The van der Waals surface area contributed by atoms with E-state index < -0.39 is 0 Å². The Morgan fingerprint density at radius 1 is 0.964 bits per heavy atom. The van der Waals surface area contributed by atoms with Gasteiger partial charge in [0.25, 0.3) is 5.91 Å². The summed E-state index contributed by atoms with van der Waals surface area (Å²) >= 11 is 6.00. The largest absolute Gasteiger partial charge is 0.348 e. The lowest BCUT2D eigenvalue weighted by Gasteiger charge is -2.11. The number of fused-ring (bicyclic) bond motifs is 1. The Hall–Kier alpha value is -3.17. The number of nitrogens with one attached hydrogen (secondary N) is 1.